The van der Waals surface area contributed by atoms with Gasteiger partial charge < -0.3 is 15.8 Å². The van der Waals surface area contributed by atoms with Gasteiger partial charge in [-0.1, -0.05) is 12.1 Å². The highest BCUT2D eigenvalue weighted by Crippen LogP contribution is 2.48. The van der Waals surface area contributed by atoms with Gasteiger partial charge in [0.2, 0.25) is 5.91 Å². The number of amides is 1. The maximum atomic E-state index is 12.4. The van der Waals surface area contributed by atoms with Crippen LogP contribution < -0.4 is 11.1 Å². The lowest BCUT2D eigenvalue weighted by atomic mass is 9.94. The fraction of sp³-hybridized carbons (Fsp3) is 0.562. The zero-order valence-electron chi connectivity index (χ0n) is 11.7. The predicted molar refractivity (Wildman–Crippen MR) is 78.3 cm³/mol. The Bertz CT molecular complexity index is 474. The molecule has 1 saturated heterocycles. The molecule has 1 aliphatic heterocycles. The molecule has 1 unspecified atom stereocenters. The number of nitrogens with two attached hydrogens (primary N) is 1. The Balaban J connectivity index is 1.54. The van der Waals surface area contributed by atoms with Gasteiger partial charge in [-0.05, 0) is 49.3 Å². The van der Waals surface area contributed by atoms with E-state index in [1.165, 1.54) is 0 Å². The molecule has 2 aliphatic rings. The van der Waals surface area contributed by atoms with E-state index in [0.717, 1.165) is 56.7 Å². The Kier molecular flexibility index (Phi) is 3.66. The number of benzene rings is 1. The third-order valence-corrected chi connectivity index (χ3v) is 4.51. The van der Waals surface area contributed by atoms with E-state index < -0.39 is 0 Å². The molecule has 1 atom stereocenters. The van der Waals surface area contributed by atoms with E-state index in [-0.39, 0.29) is 11.3 Å². The zero-order chi connectivity index (χ0) is 14.0. The van der Waals surface area contributed by atoms with Crippen molar-refractivity contribution in [1.82, 2.24) is 5.32 Å². The quantitative estimate of drug-likeness (QED) is 0.805. The SMILES string of the molecule is Nc1ccc(C2(C(=O)NCCC3CCOC3)CC2)cc1. The van der Waals surface area contributed by atoms with E-state index in [1.54, 1.807) is 0 Å². The molecule has 0 aromatic heterocycles. The van der Waals surface area contributed by atoms with Crippen LogP contribution >= 0.6 is 0 Å². The lowest BCUT2D eigenvalue weighted by Crippen LogP contribution is -2.35. The first-order chi connectivity index (χ1) is 9.71. The molecular formula is C16H22N2O2. The molecule has 0 radical (unpaired) electrons. The van der Waals surface area contributed by atoms with Crippen molar-refractivity contribution in [3.63, 3.8) is 0 Å². The number of rotatable bonds is 5. The van der Waals surface area contributed by atoms with Crippen LogP contribution in [0, 0.1) is 5.92 Å². The Labute approximate surface area is 119 Å². The second kappa shape index (κ2) is 5.44. The molecule has 1 saturated carbocycles. The van der Waals surface area contributed by atoms with Crippen LogP contribution in [0.1, 0.15) is 31.2 Å². The molecule has 0 spiro atoms. The summed E-state index contributed by atoms with van der Waals surface area (Å²) in [7, 11) is 0. The average Bonchev–Trinajstić information content (AvgIpc) is 3.10. The van der Waals surface area contributed by atoms with Gasteiger partial charge in [-0.15, -0.1) is 0 Å². The van der Waals surface area contributed by atoms with Crippen molar-refractivity contribution in [2.75, 3.05) is 25.5 Å². The van der Waals surface area contributed by atoms with Crippen molar-refractivity contribution in [2.45, 2.75) is 31.1 Å². The van der Waals surface area contributed by atoms with Gasteiger partial charge in [0, 0.05) is 25.4 Å². The van der Waals surface area contributed by atoms with Gasteiger partial charge in [-0.25, -0.2) is 0 Å². The number of ether oxygens (including phenoxy) is 1. The summed E-state index contributed by atoms with van der Waals surface area (Å²) in [5.74, 6) is 0.781. The lowest BCUT2D eigenvalue weighted by molar-refractivity contribution is -0.123. The van der Waals surface area contributed by atoms with Gasteiger partial charge in [0.1, 0.15) is 0 Å². The minimum absolute atomic E-state index is 0.168. The van der Waals surface area contributed by atoms with Gasteiger partial charge in [0.25, 0.3) is 0 Å². The molecule has 0 bridgehead atoms. The van der Waals surface area contributed by atoms with Crippen molar-refractivity contribution in [3.05, 3.63) is 29.8 Å². The molecule has 3 N–H and O–H groups in total. The van der Waals surface area contributed by atoms with Crippen LogP contribution in [0.2, 0.25) is 0 Å². The van der Waals surface area contributed by atoms with Crippen LogP contribution in [0.3, 0.4) is 0 Å². The number of nitrogens with one attached hydrogen (secondary N) is 1. The molecule has 4 heteroatoms. The fourth-order valence-corrected chi connectivity index (χ4v) is 2.94. The normalized spacial score (nSPS) is 23.5. The minimum atomic E-state index is -0.292. The molecule has 3 rings (SSSR count). The van der Waals surface area contributed by atoms with Crippen molar-refractivity contribution in [1.29, 1.82) is 0 Å². The van der Waals surface area contributed by atoms with E-state index in [1.807, 2.05) is 24.3 Å². The van der Waals surface area contributed by atoms with Crippen LogP contribution in [-0.2, 0) is 14.9 Å². The molecule has 1 aromatic carbocycles. The topological polar surface area (TPSA) is 64.4 Å². The number of carbonyl (C=O) groups is 1. The largest absolute Gasteiger partial charge is 0.399 e. The first-order valence-electron chi connectivity index (χ1n) is 7.43. The molecule has 108 valence electrons. The molecule has 20 heavy (non-hydrogen) atoms. The first kappa shape index (κ1) is 13.4. The highest BCUT2D eigenvalue weighted by molar-refractivity contribution is 5.91. The van der Waals surface area contributed by atoms with Crippen LogP contribution in [0.5, 0.6) is 0 Å². The highest BCUT2D eigenvalue weighted by atomic mass is 16.5. The van der Waals surface area contributed by atoms with Gasteiger partial charge in [-0.3, -0.25) is 4.79 Å². The van der Waals surface area contributed by atoms with E-state index >= 15 is 0 Å². The standard InChI is InChI=1S/C16H22N2O2/c17-14-3-1-13(2-4-14)16(7-8-16)15(19)18-9-5-12-6-10-20-11-12/h1-4,12H,5-11,17H2,(H,18,19). The van der Waals surface area contributed by atoms with Gasteiger partial charge in [0.15, 0.2) is 0 Å². The number of hydrogen-bond acceptors (Lipinski definition) is 3. The highest BCUT2D eigenvalue weighted by Gasteiger charge is 2.50. The zero-order valence-corrected chi connectivity index (χ0v) is 11.7. The maximum Gasteiger partial charge on any atom is 0.230 e. The van der Waals surface area contributed by atoms with Crippen LogP contribution in [-0.4, -0.2) is 25.7 Å². The van der Waals surface area contributed by atoms with Crippen molar-refractivity contribution in [2.24, 2.45) is 5.92 Å². The first-order valence-corrected chi connectivity index (χ1v) is 7.43. The molecule has 2 fully saturated rings. The summed E-state index contributed by atoms with van der Waals surface area (Å²) in [6.07, 6.45) is 4.02. The average molecular weight is 274 g/mol. The summed E-state index contributed by atoms with van der Waals surface area (Å²) in [6.45, 7) is 2.47. The summed E-state index contributed by atoms with van der Waals surface area (Å²) in [6, 6.07) is 7.70. The van der Waals surface area contributed by atoms with Crippen molar-refractivity contribution < 1.29 is 9.53 Å². The smallest absolute Gasteiger partial charge is 0.230 e. The second-order valence-corrected chi connectivity index (χ2v) is 5.98. The van der Waals surface area contributed by atoms with E-state index in [2.05, 4.69) is 5.32 Å². The van der Waals surface area contributed by atoms with E-state index in [0.29, 0.717) is 5.92 Å². The van der Waals surface area contributed by atoms with Crippen LogP contribution in [0.25, 0.3) is 0 Å². The number of hydrogen-bond donors (Lipinski definition) is 2. The Morgan fingerprint density at radius 2 is 2.10 bits per heavy atom. The maximum absolute atomic E-state index is 12.4. The van der Waals surface area contributed by atoms with Gasteiger partial charge in [0.05, 0.1) is 5.41 Å². The predicted octanol–water partition coefficient (Wildman–Crippen LogP) is 1.84. The van der Waals surface area contributed by atoms with Gasteiger partial charge >= 0.3 is 0 Å². The summed E-state index contributed by atoms with van der Waals surface area (Å²) < 4.78 is 5.35. The number of nitrogen functional groups attached to an aromatic ring is 1. The van der Waals surface area contributed by atoms with Crippen molar-refractivity contribution in [3.8, 4) is 0 Å². The molecule has 1 aromatic rings. The molecular weight excluding hydrogens is 252 g/mol. The number of anilines is 1. The monoisotopic (exact) mass is 274 g/mol. The molecule has 1 amide bonds. The summed E-state index contributed by atoms with van der Waals surface area (Å²) in [4.78, 5) is 12.4. The third-order valence-electron chi connectivity index (χ3n) is 4.51. The molecule has 4 nitrogen and oxygen atoms in total. The second-order valence-electron chi connectivity index (χ2n) is 5.98. The number of carbonyl (C=O) groups excluding carboxylic acids is 1. The third kappa shape index (κ3) is 2.66. The summed E-state index contributed by atoms with van der Waals surface area (Å²) >= 11 is 0. The van der Waals surface area contributed by atoms with Crippen LogP contribution in [0.15, 0.2) is 24.3 Å². The molecule has 1 aliphatic carbocycles. The lowest BCUT2D eigenvalue weighted by Gasteiger charge is -2.17. The molecule has 1 heterocycles. The summed E-state index contributed by atoms with van der Waals surface area (Å²) in [5.41, 5.74) is 7.25. The Morgan fingerprint density at radius 3 is 2.70 bits per heavy atom. The minimum Gasteiger partial charge on any atom is -0.399 e. The summed E-state index contributed by atoms with van der Waals surface area (Å²) in [5, 5.41) is 3.10. The van der Waals surface area contributed by atoms with Crippen molar-refractivity contribution >= 4 is 11.6 Å². The van der Waals surface area contributed by atoms with E-state index in [9.17, 15) is 4.79 Å². The van der Waals surface area contributed by atoms with Crippen LogP contribution in [0.4, 0.5) is 5.69 Å². The van der Waals surface area contributed by atoms with Gasteiger partial charge in [-0.2, -0.15) is 0 Å². The fourth-order valence-electron chi connectivity index (χ4n) is 2.94. The van der Waals surface area contributed by atoms with E-state index in [4.69, 9.17) is 10.5 Å². The Morgan fingerprint density at radius 1 is 1.35 bits per heavy atom. The Hall–Kier alpha value is -1.55.